The predicted molar refractivity (Wildman–Crippen MR) is 66.6 cm³/mol. The molecule has 0 amide bonds. The number of hydrogen-bond acceptors (Lipinski definition) is 7. The van der Waals surface area contributed by atoms with E-state index in [9.17, 15) is 14.4 Å². The molecule has 0 aromatic carbocycles. The molecule has 21 heavy (non-hydrogen) atoms. The zero-order valence-corrected chi connectivity index (χ0v) is 11.3. The summed E-state index contributed by atoms with van der Waals surface area (Å²) < 4.78 is 14.9. The molecule has 0 spiro atoms. The minimum atomic E-state index is -1.60. The Morgan fingerprint density at radius 1 is 0.857 bits per heavy atom. The molecule has 0 aromatic heterocycles. The summed E-state index contributed by atoms with van der Waals surface area (Å²) in [6.07, 6.45) is -0.482. The zero-order chi connectivity index (χ0) is 16.3. The van der Waals surface area contributed by atoms with E-state index in [4.69, 9.17) is 35.3 Å². The topological polar surface area (TPSA) is 166 Å². The van der Waals surface area contributed by atoms with Gasteiger partial charge in [0.15, 0.2) is 5.72 Å². The van der Waals surface area contributed by atoms with Gasteiger partial charge in [-0.2, -0.15) is 0 Å². The molecule has 0 radical (unpaired) electrons. The lowest BCUT2D eigenvalue weighted by atomic mass is 10.2. The Balaban J connectivity index is 4.21. The van der Waals surface area contributed by atoms with Gasteiger partial charge in [-0.15, -0.1) is 0 Å². The molecule has 5 N–H and O–H groups in total. The molecule has 0 saturated heterocycles. The zero-order valence-electron chi connectivity index (χ0n) is 11.3. The summed E-state index contributed by atoms with van der Waals surface area (Å²) in [5.41, 5.74) is 4.15. The van der Waals surface area contributed by atoms with E-state index < -0.39 is 30.2 Å². The van der Waals surface area contributed by atoms with Crippen LogP contribution in [0, 0.1) is 0 Å². The van der Waals surface area contributed by atoms with Crippen molar-refractivity contribution in [1.29, 1.82) is 0 Å². The maximum absolute atomic E-state index is 10.5. The number of carboxylic acid groups (broad SMARTS) is 3. The monoisotopic (exact) mass is 309 g/mol. The minimum absolute atomic E-state index is 0.125. The highest BCUT2D eigenvalue weighted by atomic mass is 16.6. The highest BCUT2D eigenvalue weighted by molar-refractivity contribution is 5.68. The standard InChI is InChI=1S/C11H19NO9/c12-11(21-5-10(17)18,6-19-3-1-8(13)14)7-20-4-2-9(15)16/h1-7,12H2,(H,13,14)(H,15,16)(H,17,18). The van der Waals surface area contributed by atoms with Gasteiger partial charge in [0.05, 0.1) is 39.3 Å². The van der Waals surface area contributed by atoms with Gasteiger partial charge in [-0.1, -0.05) is 0 Å². The number of carbonyl (C=O) groups is 3. The number of nitrogens with two attached hydrogens (primary N) is 1. The van der Waals surface area contributed by atoms with Gasteiger partial charge >= 0.3 is 17.9 Å². The van der Waals surface area contributed by atoms with Crippen LogP contribution in [0.3, 0.4) is 0 Å². The van der Waals surface area contributed by atoms with Crippen LogP contribution >= 0.6 is 0 Å². The largest absolute Gasteiger partial charge is 0.481 e. The smallest absolute Gasteiger partial charge is 0.329 e. The Morgan fingerprint density at radius 3 is 1.62 bits per heavy atom. The maximum Gasteiger partial charge on any atom is 0.329 e. The first-order valence-electron chi connectivity index (χ1n) is 5.99. The molecule has 10 nitrogen and oxygen atoms in total. The molecule has 0 aliphatic rings. The van der Waals surface area contributed by atoms with E-state index >= 15 is 0 Å². The second-order valence-electron chi connectivity index (χ2n) is 4.14. The fourth-order valence-corrected chi connectivity index (χ4v) is 1.14. The van der Waals surface area contributed by atoms with Crippen LogP contribution < -0.4 is 5.73 Å². The molecule has 0 saturated carbocycles. The molecule has 0 aliphatic carbocycles. The lowest BCUT2D eigenvalue weighted by molar-refractivity contribution is -0.164. The summed E-state index contributed by atoms with van der Waals surface area (Å²) in [6.45, 7) is -1.53. The van der Waals surface area contributed by atoms with E-state index in [-0.39, 0.29) is 39.3 Å². The Bertz CT molecular complexity index is 336. The average molecular weight is 309 g/mol. The summed E-state index contributed by atoms with van der Waals surface area (Å²) in [5.74, 6) is -3.36. The average Bonchev–Trinajstić information content (AvgIpc) is 2.37. The Hall–Kier alpha value is -1.75. The number of carboxylic acids is 3. The second-order valence-corrected chi connectivity index (χ2v) is 4.14. The molecule has 0 fully saturated rings. The van der Waals surface area contributed by atoms with Crippen LogP contribution in [0.2, 0.25) is 0 Å². The van der Waals surface area contributed by atoms with Crippen molar-refractivity contribution in [3.05, 3.63) is 0 Å². The van der Waals surface area contributed by atoms with Crippen molar-refractivity contribution < 1.29 is 43.9 Å². The fourth-order valence-electron chi connectivity index (χ4n) is 1.14. The van der Waals surface area contributed by atoms with Gasteiger partial charge in [0.1, 0.15) is 6.61 Å². The lowest BCUT2D eigenvalue weighted by Crippen LogP contribution is -2.52. The molecule has 0 bridgehead atoms. The quantitative estimate of drug-likeness (QED) is 0.238. The number of aliphatic carboxylic acids is 3. The van der Waals surface area contributed by atoms with Gasteiger partial charge in [-0.25, -0.2) is 4.79 Å². The van der Waals surface area contributed by atoms with E-state index in [1.807, 2.05) is 0 Å². The van der Waals surface area contributed by atoms with Crippen molar-refractivity contribution in [2.45, 2.75) is 18.6 Å². The first kappa shape index (κ1) is 19.2. The van der Waals surface area contributed by atoms with E-state index in [1.54, 1.807) is 0 Å². The molecule has 0 aromatic rings. The lowest BCUT2D eigenvalue weighted by Gasteiger charge is -2.28. The molecule has 10 heteroatoms. The van der Waals surface area contributed by atoms with Gasteiger partial charge in [-0.05, 0) is 0 Å². The van der Waals surface area contributed by atoms with Crippen LogP contribution in [0.5, 0.6) is 0 Å². The molecule has 0 atom stereocenters. The van der Waals surface area contributed by atoms with Crippen molar-refractivity contribution in [2.75, 3.05) is 33.0 Å². The number of rotatable bonds is 13. The third kappa shape index (κ3) is 11.8. The van der Waals surface area contributed by atoms with E-state index in [0.29, 0.717) is 0 Å². The summed E-state index contributed by atoms with van der Waals surface area (Å²) in [4.78, 5) is 31.1. The van der Waals surface area contributed by atoms with Gasteiger partial charge in [0.25, 0.3) is 0 Å². The highest BCUT2D eigenvalue weighted by Gasteiger charge is 2.28. The predicted octanol–water partition coefficient (Wildman–Crippen LogP) is -1.27. The van der Waals surface area contributed by atoms with Crippen LogP contribution in [0.4, 0.5) is 0 Å². The first-order valence-corrected chi connectivity index (χ1v) is 5.99. The van der Waals surface area contributed by atoms with Crippen molar-refractivity contribution in [3.63, 3.8) is 0 Å². The third-order valence-electron chi connectivity index (χ3n) is 2.10. The van der Waals surface area contributed by atoms with E-state index in [1.165, 1.54) is 0 Å². The van der Waals surface area contributed by atoms with Crippen LogP contribution in [0.15, 0.2) is 0 Å². The van der Waals surface area contributed by atoms with Crippen molar-refractivity contribution in [1.82, 2.24) is 0 Å². The molecule has 122 valence electrons. The Kier molecular flexibility index (Phi) is 9.21. The molecular weight excluding hydrogens is 290 g/mol. The normalized spacial score (nSPS) is 11.3. The molecular formula is C11H19NO9. The van der Waals surface area contributed by atoms with E-state index in [2.05, 4.69) is 0 Å². The fraction of sp³-hybridized carbons (Fsp3) is 0.727. The molecule has 0 rings (SSSR count). The number of hydrogen-bond donors (Lipinski definition) is 4. The molecule has 0 unspecified atom stereocenters. The first-order chi connectivity index (χ1) is 9.75. The summed E-state index contributed by atoms with van der Waals surface area (Å²) in [6, 6.07) is 0. The van der Waals surface area contributed by atoms with Crippen LogP contribution in [0.25, 0.3) is 0 Å². The van der Waals surface area contributed by atoms with Crippen molar-refractivity contribution >= 4 is 17.9 Å². The van der Waals surface area contributed by atoms with Gasteiger partial charge in [0, 0.05) is 0 Å². The SMILES string of the molecule is NC(COCCC(=O)O)(COCCC(=O)O)OCC(=O)O. The highest BCUT2D eigenvalue weighted by Crippen LogP contribution is 2.06. The van der Waals surface area contributed by atoms with Crippen LogP contribution in [-0.4, -0.2) is 72.0 Å². The van der Waals surface area contributed by atoms with Gasteiger partial charge in [0.2, 0.25) is 0 Å². The van der Waals surface area contributed by atoms with Gasteiger partial charge < -0.3 is 29.5 Å². The minimum Gasteiger partial charge on any atom is -0.481 e. The third-order valence-corrected chi connectivity index (χ3v) is 2.10. The summed E-state index contributed by atoms with van der Waals surface area (Å²) in [5, 5.41) is 25.4. The van der Waals surface area contributed by atoms with Gasteiger partial charge in [-0.3, -0.25) is 15.3 Å². The summed E-state index contributed by atoms with van der Waals surface area (Å²) >= 11 is 0. The van der Waals surface area contributed by atoms with Crippen LogP contribution in [-0.2, 0) is 28.6 Å². The second kappa shape index (κ2) is 10.0. The summed E-state index contributed by atoms with van der Waals surface area (Å²) in [7, 11) is 0. The molecule has 0 heterocycles. The van der Waals surface area contributed by atoms with Crippen molar-refractivity contribution in [3.8, 4) is 0 Å². The van der Waals surface area contributed by atoms with E-state index in [0.717, 1.165) is 0 Å². The number of ether oxygens (including phenoxy) is 3. The maximum atomic E-state index is 10.5. The Morgan fingerprint density at radius 2 is 1.29 bits per heavy atom. The molecule has 0 aliphatic heterocycles. The van der Waals surface area contributed by atoms with Crippen LogP contribution in [0.1, 0.15) is 12.8 Å². The van der Waals surface area contributed by atoms with Crippen molar-refractivity contribution in [2.24, 2.45) is 5.73 Å². The Labute approximate surface area is 120 Å².